The van der Waals surface area contributed by atoms with E-state index in [9.17, 15) is 4.79 Å². The molecule has 0 aliphatic carbocycles. The SMILES string of the molecule is C[C@H]([NH2+][C@H](C)c1ccccc1)C(=O)Nc1ccc(OCc2ccccc2)cc1. The highest BCUT2D eigenvalue weighted by Crippen LogP contribution is 2.17. The van der Waals surface area contributed by atoms with Crippen molar-refractivity contribution in [2.24, 2.45) is 0 Å². The Labute approximate surface area is 166 Å². The molecule has 0 aromatic heterocycles. The molecule has 0 saturated heterocycles. The van der Waals surface area contributed by atoms with Crippen molar-refractivity contribution in [2.75, 3.05) is 5.32 Å². The number of hydrogen-bond acceptors (Lipinski definition) is 2. The van der Waals surface area contributed by atoms with Crippen LogP contribution in [0, 0.1) is 0 Å². The number of hydrogen-bond donors (Lipinski definition) is 2. The zero-order valence-electron chi connectivity index (χ0n) is 16.3. The Morgan fingerprint density at radius 2 is 1.50 bits per heavy atom. The lowest BCUT2D eigenvalue weighted by Crippen LogP contribution is -2.91. The molecule has 3 N–H and O–H groups in total. The van der Waals surface area contributed by atoms with Crippen LogP contribution >= 0.6 is 0 Å². The third-order valence-electron chi connectivity index (χ3n) is 4.69. The van der Waals surface area contributed by atoms with Gasteiger partial charge in [-0.2, -0.15) is 0 Å². The van der Waals surface area contributed by atoms with Gasteiger partial charge < -0.3 is 15.4 Å². The molecule has 0 aliphatic rings. The highest BCUT2D eigenvalue weighted by Gasteiger charge is 2.20. The predicted octanol–water partition coefficient (Wildman–Crippen LogP) is 3.92. The smallest absolute Gasteiger partial charge is 0.282 e. The molecule has 0 radical (unpaired) electrons. The standard InChI is InChI=1S/C24H26N2O2/c1-18(21-11-7-4-8-12-21)25-19(2)24(27)26-22-13-15-23(16-14-22)28-17-20-9-5-3-6-10-20/h3-16,18-19,25H,17H2,1-2H3,(H,26,27)/p+1/t18-,19+/m1/s1. The van der Waals surface area contributed by atoms with Gasteiger partial charge in [0.1, 0.15) is 18.4 Å². The Kier molecular flexibility index (Phi) is 6.82. The molecule has 3 aromatic carbocycles. The van der Waals surface area contributed by atoms with Gasteiger partial charge in [0.2, 0.25) is 0 Å². The van der Waals surface area contributed by atoms with Gasteiger partial charge in [0.15, 0.2) is 6.04 Å². The van der Waals surface area contributed by atoms with Crippen LogP contribution in [0.2, 0.25) is 0 Å². The normalized spacial score (nSPS) is 12.8. The number of ether oxygens (including phenoxy) is 1. The van der Waals surface area contributed by atoms with E-state index in [1.807, 2.05) is 79.7 Å². The van der Waals surface area contributed by atoms with Crippen LogP contribution in [-0.2, 0) is 11.4 Å². The number of carbonyl (C=O) groups excluding carboxylic acids is 1. The molecule has 3 rings (SSSR count). The Hall–Kier alpha value is -3.11. The van der Waals surface area contributed by atoms with Crippen molar-refractivity contribution in [3.05, 3.63) is 96.1 Å². The van der Waals surface area contributed by atoms with Crippen molar-refractivity contribution < 1.29 is 14.8 Å². The summed E-state index contributed by atoms with van der Waals surface area (Å²) in [6.45, 7) is 4.56. The molecular weight excluding hydrogens is 348 g/mol. The minimum absolute atomic E-state index is 0.0132. The number of carbonyl (C=O) groups is 1. The van der Waals surface area contributed by atoms with Crippen LogP contribution in [0.4, 0.5) is 5.69 Å². The number of amides is 1. The Morgan fingerprint density at radius 3 is 2.14 bits per heavy atom. The molecule has 144 valence electrons. The van der Waals surface area contributed by atoms with E-state index in [-0.39, 0.29) is 18.0 Å². The summed E-state index contributed by atoms with van der Waals surface area (Å²) in [5.41, 5.74) is 3.10. The first-order chi connectivity index (χ1) is 13.6. The van der Waals surface area contributed by atoms with Crippen LogP contribution in [0.15, 0.2) is 84.9 Å². The number of nitrogens with two attached hydrogens (primary N) is 1. The van der Waals surface area contributed by atoms with Crippen molar-refractivity contribution in [1.82, 2.24) is 0 Å². The Morgan fingerprint density at radius 1 is 0.893 bits per heavy atom. The second-order valence-electron chi connectivity index (χ2n) is 6.97. The number of rotatable bonds is 8. The van der Waals surface area contributed by atoms with Crippen molar-refractivity contribution in [1.29, 1.82) is 0 Å². The van der Waals surface area contributed by atoms with Crippen LogP contribution < -0.4 is 15.4 Å². The van der Waals surface area contributed by atoms with E-state index in [4.69, 9.17) is 4.74 Å². The first-order valence-corrected chi connectivity index (χ1v) is 9.59. The van der Waals surface area contributed by atoms with Crippen LogP contribution in [0.5, 0.6) is 5.75 Å². The average molecular weight is 375 g/mol. The van der Waals surface area contributed by atoms with Crippen molar-refractivity contribution in [2.45, 2.75) is 32.5 Å². The molecule has 3 aromatic rings. The quantitative estimate of drug-likeness (QED) is 0.627. The average Bonchev–Trinajstić information content (AvgIpc) is 2.74. The number of quaternary nitrogens is 1. The fourth-order valence-electron chi connectivity index (χ4n) is 3.02. The van der Waals surface area contributed by atoms with Crippen LogP contribution in [-0.4, -0.2) is 11.9 Å². The molecule has 0 unspecified atom stereocenters. The fourth-order valence-corrected chi connectivity index (χ4v) is 3.02. The van der Waals surface area contributed by atoms with Crippen molar-refractivity contribution in [3.8, 4) is 5.75 Å². The van der Waals surface area contributed by atoms with E-state index < -0.39 is 0 Å². The van der Waals surface area contributed by atoms with Crippen molar-refractivity contribution in [3.63, 3.8) is 0 Å². The lowest BCUT2D eigenvalue weighted by molar-refractivity contribution is -0.709. The number of anilines is 1. The number of nitrogens with one attached hydrogen (secondary N) is 1. The Balaban J connectivity index is 1.49. The van der Waals surface area contributed by atoms with Gasteiger partial charge >= 0.3 is 0 Å². The van der Waals surface area contributed by atoms with E-state index in [0.29, 0.717) is 6.61 Å². The minimum Gasteiger partial charge on any atom is -0.489 e. The summed E-state index contributed by atoms with van der Waals surface area (Å²) in [6, 6.07) is 27.8. The summed E-state index contributed by atoms with van der Waals surface area (Å²) < 4.78 is 5.78. The van der Waals surface area contributed by atoms with Gasteiger partial charge in [-0.3, -0.25) is 4.79 Å². The molecule has 0 aliphatic heterocycles. The third kappa shape index (κ3) is 5.69. The van der Waals surface area contributed by atoms with Gasteiger partial charge in [-0.1, -0.05) is 60.7 Å². The molecule has 0 fully saturated rings. The van der Waals surface area contributed by atoms with Gasteiger partial charge in [-0.25, -0.2) is 0 Å². The van der Waals surface area contributed by atoms with Crippen LogP contribution in [0.3, 0.4) is 0 Å². The molecular formula is C24H27N2O2+. The van der Waals surface area contributed by atoms with E-state index in [1.165, 1.54) is 5.56 Å². The second kappa shape index (κ2) is 9.72. The van der Waals surface area contributed by atoms with Crippen molar-refractivity contribution >= 4 is 11.6 Å². The summed E-state index contributed by atoms with van der Waals surface area (Å²) in [4.78, 5) is 12.5. The van der Waals surface area contributed by atoms with E-state index in [1.54, 1.807) is 0 Å². The molecule has 0 spiro atoms. The molecule has 2 atom stereocenters. The van der Waals surface area contributed by atoms with E-state index >= 15 is 0 Å². The van der Waals surface area contributed by atoms with Gasteiger partial charge in [0.05, 0.1) is 0 Å². The molecule has 1 amide bonds. The molecule has 4 heteroatoms. The maximum absolute atomic E-state index is 12.5. The second-order valence-corrected chi connectivity index (χ2v) is 6.97. The highest BCUT2D eigenvalue weighted by atomic mass is 16.5. The molecule has 4 nitrogen and oxygen atoms in total. The zero-order valence-corrected chi connectivity index (χ0v) is 16.3. The van der Waals surface area contributed by atoms with Gasteiger partial charge in [-0.05, 0) is 43.7 Å². The predicted molar refractivity (Wildman–Crippen MR) is 112 cm³/mol. The molecule has 0 saturated carbocycles. The number of benzene rings is 3. The highest BCUT2D eigenvalue weighted by molar-refractivity contribution is 5.93. The topological polar surface area (TPSA) is 54.9 Å². The van der Waals surface area contributed by atoms with Gasteiger partial charge in [0.25, 0.3) is 5.91 Å². The lowest BCUT2D eigenvalue weighted by atomic mass is 10.1. The van der Waals surface area contributed by atoms with Crippen LogP contribution in [0.25, 0.3) is 0 Å². The minimum atomic E-state index is -0.191. The summed E-state index contributed by atoms with van der Waals surface area (Å²) >= 11 is 0. The third-order valence-corrected chi connectivity index (χ3v) is 4.69. The summed E-state index contributed by atoms with van der Waals surface area (Å²) in [7, 11) is 0. The van der Waals surface area contributed by atoms with Crippen LogP contribution in [0.1, 0.15) is 31.0 Å². The summed E-state index contributed by atoms with van der Waals surface area (Å²) in [5, 5.41) is 5.05. The fraction of sp³-hybridized carbons (Fsp3) is 0.208. The lowest BCUT2D eigenvalue weighted by Gasteiger charge is -2.17. The Bertz CT molecular complexity index is 864. The van der Waals surface area contributed by atoms with E-state index in [2.05, 4.69) is 29.7 Å². The largest absolute Gasteiger partial charge is 0.489 e. The molecule has 0 bridgehead atoms. The molecule has 28 heavy (non-hydrogen) atoms. The van der Waals surface area contributed by atoms with Gasteiger partial charge in [0, 0.05) is 11.3 Å². The summed E-state index contributed by atoms with van der Waals surface area (Å²) in [5.74, 6) is 0.764. The van der Waals surface area contributed by atoms with Gasteiger partial charge in [-0.15, -0.1) is 0 Å². The first kappa shape index (κ1) is 19.6. The first-order valence-electron chi connectivity index (χ1n) is 9.59. The molecule has 0 heterocycles. The summed E-state index contributed by atoms with van der Waals surface area (Å²) in [6.07, 6.45) is 0. The van der Waals surface area contributed by atoms with E-state index in [0.717, 1.165) is 17.0 Å². The zero-order chi connectivity index (χ0) is 19.8. The maximum atomic E-state index is 12.5. The monoisotopic (exact) mass is 375 g/mol. The maximum Gasteiger partial charge on any atom is 0.282 e.